The molecule has 1 N–H and O–H groups in total. The molecule has 5 aromatic rings. The molecule has 2 aromatic carbocycles. The summed E-state index contributed by atoms with van der Waals surface area (Å²) in [4.78, 5) is 33.4. The first-order valence-electron chi connectivity index (χ1n) is 11.8. The van der Waals surface area contributed by atoms with E-state index in [-0.39, 0.29) is 35.4 Å². The lowest BCUT2D eigenvalue weighted by molar-refractivity contribution is -0.274. The second kappa shape index (κ2) is 11.1. The number of nitrogens with zero attached hydrogens (tertiary/aromatic N) is 4. The van der Waals surface area contributed by atoms with Crippen molar-refractivity contribution >= 4 is 61.6 Å². The number of benzene rings is 2. The maximum Gasteiger partial charge on any atom is 0.573 e. The van der Waals surface area contributed by atoms with Crippen molar-refractivity contribution < 1.29 is 32.5 Å². The molecule has 15 heteroatoms. The van der Waals surface area contributed by atoms with Gasteiger partial charge in [-0.1, -0.05) is 23.2 Å². The largest absolute Gasteiger partial charge is 0.573 e. The minimum atomic E-state index is -5.07. The van der Waals surface area contributed by atoms with Crippen LogP contribution in [0.15, 0.2) is 46.7 Å². The Morgan fingerprint density at radius 3 is 2.64 bits per heavy atom. The van der Waals surface area contributed by atoms with Crippen molar-refractivity contribution in [2.24, 2.45) is 0 Å². The minimum absolute atomic E-state index is 0.0487. The topological polar surface area (TPSA) is 127 Å². The van der Waals surface area contributed by atoms with Crippen LogP contribution in [0.5, 0.6) is 11.5 Å². The first kappa shape index (κ1) is 29.1. The number of halogens is 5. The van der Waals surface area contributed by atoms with Gasteiger partial charge in [0.25, 0.3) is 5.56 Å². The van der Waals surface area contributed by atoms with Crippen LogP contribution in [0.4, 0.5) is 13.2 Å². The second-order valence-corrected chi connectivity index (χ2v) is 10.4. The maximum absolute atomic E-state index is 13.4. The summed E-state index contributed by atoms with van der Waals surface area (Å²) in [6.45, 7) is 1.36. The van der Waals surface area contributed by atoms with Crippen LogP contribution < -0.4 is 15.0 Å². The summed E-state index contributed by atoms with van der Waals surface area (Å²) in [6.07, 6.45) is -3.59. The van der Waals surface area contributed by atoms with Crippen molar-refractivity contribution in [2.45, 2.75) is 19.8 Å². The molecule has 0 spiro atoms. The molecule has 0 radical (unpaired) electrons. The molecule has 0 atom stereocenters. The highest BCUT2D eigenvalue weighted by molar-refractivity contribution is 7.18. The molecule has 0 fully saturated rings. The van der Waals surface area contributed by atoms with Crippen molar-refractivity contribution in [1.29, 1.82) is 5.26 Å². The number of hydrogen-bond donors (Lipinski definition) is 1. The third-order valence-electron chi connectivity index (χ3n) is 6.17. The number of fused-ring (bicyclic) bond motifs is 2. The number of carbonyl (C=O) groups is 1. The molecule has 9 nitrogen and oxygen atoms in total. The molecular formula is C27H15Cl2F3N4O5S. The smallest absolute Gasteiger partial charge is 0.491 e. The van der Waals surface area contributed by atoms with Gasteiger partial charge in [0.2, 0.25) is 0 Å². The predicted molar refractivity (Wildman–Crippen MR) is 150 cm³/mol. The quantitative estimate of drug-likeness (QED) is 0.206. The van der Waals surface area contributed by atoms with Crippen LogP contribution in [-0.2, 0) is 6.54 Å². The normalized spacial score (nSPS) is 11.5. The number of aromatic nitrogens is 3. The van der Waals surface area contributed by atoms with Crippen molar-refractivity contribution in [2.75, 3.05) is 6.61 Å². The third-order valence-corrected chi connectivity index (χ3v) is 7.78. The first-order chi connectivity index (χ1) is 19.9. The Balaban J connectivity index is 1.49. The van der Waals surface area contributed by atoms with Crippen LogP contribution in [0.25, 0.3) is 32.2 Å². The average Bonchev–Trinajstić information content (AvgIpc) is 3.36. The van der Waals surface area contributed by atoms with Crippen LogP contribution in [0.3, 0.4) is 0 Å². The Morgan fingerprint density at radius 1 is 1.19 bits per heavy atom. The van der Waals surface area contributed by atoms with Gasteiger partial charge in [0, 0.05) is 33.8 Å². The number of rotatable bonds is 7. The molecule has 214 valence electrons. The molecule has 0 unspecified atom stereocenters. The summed E-state index contributed by atoms with van der Waals surface area (Å²) in [6, 6.07) is 9.12. The maximum atomic E-state index is 13.4. The summed E-state index contributed by atoms with van der Waals surface area (Å²) < 4.78 is 50.2. The van der Waals surface area contributed by atoms with E-state index in [1.165, 1.54) is 34.4 Å². The van der Waals surface area contributed by atoms with E-state index in [1.54, 1.807) is 30.3 Å². The molecule has 42 heavy (non-hydrogen) atoms. The average molecular weight is 635 g/mol. The van der Waals surface area contributed by atoms with Gasteiger partial charge in [-0.15, -0.1) is 24.5 Å². The highest BCUT2D eigenvalue weighted by atomic mass is 35.5. The van der Waals surface area contributed by atoms with Crippen LogP contribution in [0.2, 0.25) is 10.0 Å². The Bertz CT molecular complexity index is 2000. The third kappa shape index (κ3) is 5.44. The lowest BCUT2D eigenvalue weighted by atomic mass is 10.0. The number of ether oxygens (including phenoxy) is 2. The number of aromatic carboxylic acids is 1. The molecule has 0 aliphatic carbocycles. The molecule has 3 aromatic heterocycles. The van der Waals surface area contributed by atoms with E-state index in [2.05, 4.69) is 14.7 Å². The first-order valence-corrected chi connectivity index (χ1v) is 13.4. The molecule has 0 saturated carbocycles. The van der Waals surface area contributed by atoms with E-state index in [1.807, 2.05) is 0 Å². The van der Waals surface area contributed by atoms with Gasteiger partial charge < -0.3 is 14.6 Å². The summed E-state index contributed by atoms with van der Waals surface area (Å²) in [5.74, 6) is -1.43. The lowest BCUT2D eigenvalue weighted by Gasteiger charge is -2.16. The van der Waals surface area contributed by atoms with E-state index in [4.69, 9.17) is 27.9 Å². The van der Waals surface area contributed by atoms with Gasteiger partial charge in [0.15, 0.2) is 5.75 Å². The van der Waals surface area contributed by atoms with Gasteiger partial charge in [-0.3, -0.25) is 14.3 Å². The van der Waals surface area contributed by atoms with Crippen molar-refractivity contribution in [3.8, 4) is 28.7 Å². The number of pyridine rings is 1. The second-order valence-electron chi connectivity index (χ2n) is 8.71. The van der Waals surface area contributed by atoms with E-state index >= 15 is 0 Å². The number of aryl methyl sites for hydroxylation is 1. The standard InChI is InChI=1S/C27H15Cl2F3N4O5S/c1-12-35-18-9-20(41-27(30,31)32)22(29)16(10-33)21(18)25(37)36(12)6-7-40-19-3-2-13(28)8-15(19)14-4-5-34-23-17(26(38)39)11-42-24(14)23/h2-5,8-9,11H,6-7H2,1H3,(H,38,39). The van der Waals surface area contributed by atoms with Gasteiger partial charge >= 0.3 is 12.3 Å². The Labute approximate surface area is 247 Å². The predicted octanol–water partition coefficient (Wildman–Crippen LogP) is 6.84. The Hall–Kier alpha value is -4.38. The summed E-state index contributed by atoms with van der Waals surface area (Å²) in [7, 11) is 0. The van der Waals surface area contributed by atoms with E-state index in [0.717, 1.165) is 6.07 Å². The number of thiophene rings is 1. The zero-order valence-electron chi connectivity index (χ0n) is 21.1. The molecule has 0 saturated heterocycles. The zero-order valence-corrected chi connectivity index (χ0v) is 23.5. The van der Waals surface area contributed by atoms with Gasteiger partial charge in [-0.25, -0.2) is 9.78 Å². The zero-order chi connectivity index (χ0) is 30.3. The van der Waals surface area contributed by atoms with E-state index < -0.39 is 34.2 Å². The van der Waals surface area contributed by atoms with Gasteiger partial charge in [-0.2, -0.15) is 5.26 Å². The van der Waals surface area contributed by atoms with E-state index in [9.17, 15) is 33.1 Å². The number of alkyl halides is 3. The Morgan fingerprint density at radius 2 is 1.95 bits per heavy atom. The molecule has 5 rings (SSSR count). The monoisotopic (exact) mass is 634 g/mol. The minimum Gasteiger partial charge on any atom is -0.491 e. The van der Waals surface area contributed by atoms with Crippen LogP contribution in [0.1, 0.15) is 21.7 Å². The van der Waals surface area contributed by atoms with Crippen molar-refractivity contribution in [3.63, 3.8) is 0 Å². The molecule has 0 amide bonds. The molecule has 3 heterocycles. The fourth-order valence-electron chi connectivity index (χ4n) is 4.39. The Kier molecular flexibility index (Phi) is 7.72. The molecule has 0 aliphatic heterocycles. The summed E-state index contributed by atoms with van der Waals surface area (Å²) in [5, 5.41) is 20.1. The van der Waals surface area contributed by atoms with Gasteiger partial charge in [-0.05, 0) is 31.2 Å². The SMILES string of the molecule is Cc1nc2cc(OC(F)(F)F)c(Cl)c(C#N)c2c(=O)n1CCOc1ccc(Cl)cc1-c1ccnc2c(C(=O)O)csc12. The fraction of sp³-hybridized carbons (Fsp3) is 0.148. The highest BCUT2D eigenvalue weighted by Gasteiger charge is 2.33. The number of hydrogen-bond acceptors (Lipinski definition) is 8. The van der Waals surface area contributed by atoms with Crippen molar-refractivity contribution in [1.82, 2.24) is 14.5 Å². The number of carboxylic acid groups (broad SMARTS) is 1. The molecule has 0 aliphatic rings. The van der Waals surface area contributed by atoms with Crippen LogP contribution in [-0.4, -0.2) is 38.6 Å². The van der Waals surface area contributed by atoms with Crippen LogP contribution in [0, 0.1) is 18.3 Å². The van der Waals surface area contributed by atoms with Crippen molar-refractivity contribution in [3.05, 3.63) is 79.3 Å². The molecular weight excluding hydrogens is 620 g/mol. The summed E-state index contributed by atoms with van der Waals surface area (Å²) in [5.41, 5.74) is 0.188. The number of carboxylic acids is 1. The summed E-state index contributed by atoms with van der Waals surface area (Å²) >= 11 is 13.5. The fourth-order valence-corrected chi connectivity index (χ4v) is 5.82. The van der Waals surface area contributed by atoms with E-state index in [0.29, 0.717) is 32.1 Å². The lowest BCUT2D eigenvalue weighted by Crippen LogP contribution is -2.27. The molecule has 0 bridgehead atoms. The van der Waals surface area contributed by atoms with Gasteiger partial charge in [0.1, 0.15) is 29.3 Å². The van der Waals surface area contributed by atoms with Gasteiger partial charge in [0.05, 0.1) is 38.8 Å². The van der Waals surface area contributed by atoms with Crippen LogP contribution >= 0.6 is 34.5 Å². The highest BCUT2D eigenvalue weighted by Crippen LogP contribution is 2.40. The number of nitriles is 1.